The van der Waals surface area contributed by atoms with E-state index in [1.807, 2.05) is 38.1 Å². The lowest BCUT2D eigenvalue weighted by Gasteiger charge is -2.32. The van der Waals surface area contributed by atoms with E-state index in [0.717, 1.165) is 29.9 Å². The van der Waals surface area contributed by atoms with Crippen molar-refractivity contribution in [3.05, 3.63) is 66.4 Å². The number of hydrogen-bond acceptors (Lipinski definition) is 7. The molecule has 212 valence electrons. The molecule has 1 aliphatic rings. The first-order valence-electron chi connectivity index (χ1n) is 13.0. The first-order chi connectivity index (χ1) is 19.4. The fourth-order valence-electron chi connectivity index (χ4n) is 3.81. The molecule has 0 aliphatic carbocycles. The average molecular weight is 566 g/mol. The summed E-state index contributed by atoms with van der Waals surface area (Å²) in [6.07, 6.45) is 3.08. The van der Waals surface area contributed by atoms with Crippen LogP contribution in [0.3, 0.4) is 0 Å². The van der Waals surface area contributed by atoms with Crippen molar-refractivity contribution in [1.82, 2.24) is 29.8 Å². The lowest BCUT2D eigenvalue weighted by Crippen LogP contribution is -2.48. The van der Waals surface area contributed by atoms with Gasteiger partial charge >= 0.3 is 0 Å². The van der Waals surface area contributed by atoms with Crippen LogP contribution in [0.5, 0.6) is 0 Å². The zero-order chi connectivity index (χ0) is 28.9. The summed E-state index contributed by atoms with van der Waals surface area (Å²) in [4.78, 5) is 46.8. The number of nitrogens with zero attached hydrogens (tertiary/aromatic N) is 4. The third-order valence-electron chi connectivity index (χ3n) is 6.04. The van der Waals surface area contributed by atoms with Crippen LogP contribution in [0, 0.1) is 0 Å². The molecule has 1 unspecified atom stereocenters. The number of hydrogen-bond donors (Lipinski definition) is 3. The first-order valence-corrected chi connectivity index (χ1v) is 14.2. The highest BCUT2D eigenvalue weighted by Crippen LogP contribution is 2.21. The lowest BCUT2D eigenvalue weighted by molar-refractivity contribution is -0.121. The van der Waals surface area contributed by atoms with Crippen molar-refractivity contribution >= 4 is 40.8 Å². The van der Waals surface area contributed by atoms with E-state index in [2.05, 4.69) is 25.3 Å². The molecule has 2 aromatic carbocycles. The minimum absolute atomic E-state index is 0.0482. The van der Waals surface area contributed by atoms with Gasteiger partial charge in [0.2, 0.25) is 18.3 Å². The zero-order valence-electron chi connectivity index (χ0n) is 22.9. The minimum atomic E-state index is -1.23. The van der Waals surface area contributed by atoms with E-state index >= 15 is 0 Å². The second-order valence-corrected chi connectivity index (χ2v) is 10.1. The number of aromatic nitrogens is 2. The molecule has 12 heteroatoms. The summed E-state index contributed by atoms with van der Waals surface area (Å²) < 4.78 is 14.5. The number of carbonyl (C=O) groups is 3. The van der Waals surface area contributed by atoms with Gasteiger partial charge in [0.25, 0.3) is 5.91 Å². The number of carbonyl (C=O) groups excluding carboxylic acids is 3. The van der Waals surface area contributed by atoms with Crippen molar-refractivity contribution in [2.24, 2.45) is 0 Å². The normalized spacial score (nSPS) is 13.5. The Morgan fingerprint density at radius 3 is 2.20 bits per heavy atom. The SMILES string of the molecule is CCNC(=O)CC.CNS(=O)c1ccc(-c2ccnc(Nc3ccc(C(=O)N4CCN(C=O)CC4)cc3)n2)cc1. The molecule has 2 heterocycles. The second-order valence-electron chi connectivity index (χ2n) is 8.71. The lowest BCUT2D eigenvalue weighted by atomic mass is 10.1. The molecule has 1 saturated heterocycles. The standard InChI is InChI=1S/C23H24N6O3S.C5H11NO/c1-24-33(32)20-8-4-17(5-9-20)21-10-11-25-23(27-21)26-19-6-2-18(3-7-19)22(31)29-14-12-28(16-30)13-15-29;1-3-5(7)6-4-2/h2-11,16,24H,12-15H2,1H3,(H,25,26,27);3-4H2,1-2H3,(H,6,7). The molecule has 0 spiro atoms. The number of nitrogens with one attached hydrogen (secondary N) is 3. The summed E-state index contributed by atoms with van der Waals surface area (Å²) in [6, 6.07) is 16.3. The van der Waals surface area contributed by atoms with Crippen molar-refractivity contribution in [1.29, 1.82) is 0 Å². The Kier molecular flexibility index (Phi) is 11.7. The summed E-state index contributed by atoms with van der Waals surface area (Å²) in [7, 11) is 0.410. The Balaban J connectivity index is 0.000000559. The van der Waals surface area contributed by atoms with E-state index in [4.69, 9.17) is 0 Å². The average Bonchev–Trinajstić information content (AvgIpc) is 3.01. The fourth-order valence-corrected chi connectivity index (χ4v) is 4.43. The highest BCUT2D eigenvalue weighted by atomic mass is 32.2. The van der Waals surface area contributed by atoms with Gasteiger partial charge in [-0.1, -0.05) is 19.1 Å². The summed E-state index contributed by atoms with van der Waals surface area (Å²) in [5, 5.41) is 5.82. The van der Waals surface area contributed by atoms with E-state index in [-0.39, 0.29) is 11.8 Å². The molecule has 40 heavy (non-hydrogen) atoms. The molecule has 0 radical (unpaired) electrons. The van der Waals surface area contributed by atoms with Crippen LogP contribution in [0.2, 0.25) is 0 Å². The van der Waals surface area contributed by atoms with E-state index in [1.165, 1.54) is 0 Å². The van der Waals surface area contributed by atoms with Crippen LogP contribution in [0.15, 0.2) is 65.7 Å². The number of anilines is 2. The van der Waals surface area contributed by atoms with Gasteiger partial charge in [-0.05, 0) is 56.4 Å². The Hall–Kier alpha value is -4.16. The number of benzene rings is 2. The van der Waals surface area contributed by atoms with E-state index in [0.29, 0.717) is 49.0 Å². The Bertz CT molecular complexity index is 1290. The van der Waals surface area contributed by atoms with Crippen molar-refractivity contribution in [2.45, 2.75) is 25.2 Å². The summed E-state index contributed by atoms with van der Waals surface area (Å²) in [6.45, 7) is 6.66. The molecular weight excluding hydrogens is 530 g/mol. The van der Waals surface area contributed by atoms with Gasteiger partial charge in [0.15, 0.2) is 0 Å². The van der Waals surface area contributed by atoms with Crippen molar-refractivity contribution in [3.63, 3.8) is 0 Å². The molecule has 0 saturated carbocycles. The van der Waals surface area contributed by atoms with Gasteiger partial charge in [0, 0.05) is 62.2 Å². The number of piperazine rings is 1. The van der Waals surface area contributed by atoms with Crippen LogP contribution >= 0.6 is 0 Å². The topological polar surface area (TPSA) is 137 Å². The molecule has 3 amide bonds. The molecule has 0 bridgehead atoms. The van der Waals surface area contributed by atoms with Crippen LogP contribution in [0.1, 0.15) is 30.6 Å². The quantitative estimate of drug-likeness (QED) is 0.339. The molecular formula is C28H35N7O4S. The van der Waals surface area contributed by atoms with E-state index < -0.39 is 11.0 Å². The van der Waals surface area contributed by atoms with Crippen LogP contribution in [0.25, 0.3) is 11.3 Å². The van der Waals surface area contributed by atoms with Gasteiger partial charge in [-0.25, -0.2) is 18.9 Å². The molecule has 1 aromatic heterocycles. The van der Waals surface area contributed by atoms with Crippen LogP contribution in [0.4, 0.5) is 11.6 Å². The molecule has 1 aliphatic heterocycles. The molecule has 11 nitrogen and oxygen atoms in total. The maximum Gasteiger partial charge on any atom is 0.253 e. The van der Waals surface area contributed by atoms with Gasteiger partial charge in [0.05, 0.1) is 10.6 Å². The van der Waals surface area contributed by atoms with Gasteiger partial charge in [0.1, 0.15) is 11.0 Å². The zero-order valence-corrected chi connectivity index (χ0v) is 23.7. The molecule has 3 N–H and O–H groups in total. The Labute approximate surface area is 237 Å². The Morgan fingerprint density at radius 1 is 0.975 bits per heavy atom. The summed E-state index contributed by atoms with van der Waals surface area (Å²) in [5.74, 6) is 0.509. The highest BCUT2D eigenvalue weighted by molar-refractivity contribution is 7.83. The molecule has 3 aromatic rings. The van der Waals surface area contributed by atoms with Crippen molar-refractivity contribution in [2.75, 3.05) is 45.1 Å². The van der Waals surface area contributed by atoms with Crippen LogP contribution < -0.4 is 15.4 Å². The summed E-state index contributed by atoms with van der Waals surface area (Å²) in [5.41, 5.74) is 2.96. The smallest absolute Gasteiger partial charge is 0.253 e. The van der Waals surface area contributed by atoms with Gasteiger partial charge in [-0.3, -0.25) is 14.4 Å². The summed E-state index contributed by atoms with van der Waals surface area (Å²) >= 11 is 0. The van der Waals surface area contributed by atoms with Gasteiger partial charge < -0.3 is 20.4 Å². The van der Waals surface area contributed by atoms with Gasteiger partial charge in [-0.2, -0.15) is 0 Å². The molecule has 1 atom stereocenters. The second kappa shape index (κ2) is 15.4. The first kappa shape index (κ1) is 30.4. The van der Waals surface area contributed by atoms with Gasteiger partial charge in [-0.15, -0.1) is 0 Å². The minimum Gasteiger partial charge on any atom is -0.356 e. The van der Waals surface area contributed by atoms with E-state index in [1.54, 1.807) is 53.4 Å². The Morgan fingerprint density at radius 2 is 1.65 bits per heavy atom. The predicted molar refractivity (Wildman–Crippen MR) is 155 cm³/mol. The van der Waals surface area contributed by atoms with E-state index in [9.17, 15) is 18.6 Å². The van der Waals surface area contributed by atoms with Crippen LogP contribution in [-0.2, 0) is 20.6 Å². The fraction of sp³-hybridized carbons (Fsp3) is 0.321. The highest BCUT2D eigenvalue weighted by Gasteiger charge is 2.21. The predicted octanol–water partition coefficient (Wildman–Crippen LogP) is 2.58. The monoisotopic (exact) mass is 565 g/mol. The number of rotatable bonds is 9. The van der Waals surface area contributed by atoms with Crippen molar-refractivity contribution in [3.8, 4) is 11.3 Å². The maximum atomic E-state index is 12.7. The van der Waals surface area contributed by atoms with Crippen LogP contribution in [-0.4, -0.2) is 82.0 Å². The van der Waals surface area contributed by atoms with Crippen molar-refractivity contribution < 1.29 is 18.6 Å². The third kappa shape index (κ3) is 8.68. The number of amides is 3. The third-order valence-corrected chi connectivity index (χ3v) is 7.11. The molecule has 1 fully saturated rings. The molecule has 4 rings (SSSR count). The largest absolute Gasteiger partial charge is 0.356 e. The maximum absolute atomic E-state index is 12.7.